The molecule has 0 aromatic heterocycles. The summed E-state index contributed by atoms with van der Waals surface area (Å²) < 4.78 is 22.9. The van der Waals surface area contributed by atoms with Crippen molar-refractivity contribution in [2.75, 3.05) is 18.1 Å². The predicted molar refractivity (Wildman–Crippen MR) is 79.7 cm³/mol. The molecule has 0 radical (unpaired) electrons. The fourth-order valence-electron chi connectivity index (χ4n) is 2.31. The first kappa shape index (κ1) is 17.9. The molecule has 0 bridgehead atoms. The maximum absolute atomic E-state index is 11.4. The third kappa shape index (κ3) is 8.92. The van der Waals surface area contributed by atoms with Gasteiger partial charge in [0.15, 0.2) is 0 Å². The van der Waals surface area contributed by atoms with Gasteiger partial charge in [-0.2, -0.15) is 0 Å². The third-order valence-corrected chi connectivity index (χ3v) is 5.14. The second-order valence-corrected chi connectivity index (χ2v) is 8.54. The van der Waals surface area contributed by atoms with Gasteiger partial charge in [-0.1, -0.05) is 27.7 Å². The molecule has 1 atom stereocenters. The van der Waals surface area contributed by atoms with Crippen LogP contribution in [0.5, 0.6) is 0 Å². The van der Waals surface area contributed by atoms with Crippen LogP contribution in [0.3, 0.4) is 0 Å². The molecule has 0 aliphatic heterocycles. The van der Waals surface area contributed by atoms with Crippen molar-refractivity contribution in [1.82, 2.24) is 5.32 Å². The molecule has 1 N–H and O–H groups in total. The van der Waals surface area contributed by atoms with Crippen LogP contribution in [-0.4, -0.2) is 32.5 Å². The Morgan fingerprint density at radius 1 is 1.22 bits per heavy atom. The van der Waals surface area contributed by atoms with Crippen LogP contribution in [0.2, 0.25) is 0 Å². The molecule has 0 saturated carbocycles. The maximum Gasteiger partial charge on any atom is 0.150 e. The van der Waals surface area contributed by atoms with E-state index in [1.807, 2.05) is 0 Å². The van der Waals surface area contributed by atoms with Gasteiger partial charge >= 0.3 is 0 Å². The van der Waals surface area contributed by atoms with Crippen LogP contribution in [0.25, 0.3) is 0 Å². The van der Waals surface area contributed by atoms with Crippen molar-refractivity contribution < 1.29 is 8.42 Å². The van der Waals surface area contributed by atoms with Gasteiger partial charge in [0.2, 0.25) is 0 Å². The van der Waals surface area contributed by atoms with Gasteiger partial charge in [-0.3, -0.25) is 0 Å². The lowest BCUT2D eigenvalue weighted by atomic mass is 9.82. The van der Waals surface area contributed by atoms with Gasteiger partial charge in [-0.05, 0) is 44.6 Å². The Kier molecular flexibility index (Phi) is 8.11. The minimum Gasteiger partial charge on any atom is -0.314 e. The first-order valence-corrected chi connectivity index (χ1v) is 8.98. The Hall–Kier alpha value is -0.0900. The summed E-state index contributed by atoms with van der Waals surface area (Å²) in [6, 6.07) is 0.503. The van der Waals surface area contributed by atoms with E-state index in [-0.39, 0.29) is 11.2 Å². The monoisotopic (exact) mass is 277 g/mol. The molecule has 0 rings (SSSR count). The number of nitrogens with one attached hydrogen (secondary N) is 1. The first-order chi connectivity index (χ1) is 8.22. The van der Waals surface area contributed by atoms with Crippen LogP contribution < -0.4 is 5.32 Å². The van der Waals surface area contributed by atoms with E-state index in [2.05, 4.69) is 33.0 Å². The normalized spacial score (nSPS) is 14.7. The first-order valence-electron chi connectivity index (χ1n) is 7.16. The summed E-state index contributed by atoms with van der Waals surface area (Å²) in [4.78, 5) is 0. The summed E-state index contributed by atoms with van der Waals surface area (Å²) in [5, 5.41) is 3.49. The van der Waals surface area contributed by atoms with E-state index in [0.717, 1.165) is 32.2 Å². The Balaban J connectivity index is 4.00. The molecule has 0 aliphatic rings. The largest absolute Gasteiger partial charge is 0.314 e. The quantitative estimate of drug-likeness (QED) is 0.667. The molecule has 0 fully saturated rings. The summed E-state index contributed by atoms with van der Waals surface area (Å²) in [6.07, 6.45) is 4.01. The van der Waals surface area contributed by atoms with E-state index in [0.29, 0.717) is 11.8 Å². The average Bonchev–Trinajstić information content (AvgIpc) is 2.25. The lowest BCUT2D eigenvalue weighted by Gasteiger charge is -2.28. The lowest BCUT2D eigenvalue weighted by molar-refractivity contribution is 0.266. The SMILES string of the molecule is CCCNC(C)CC(C)(C)CCCS(=O)(=O)CC. The van der Waals surface area contributed by atoms with Crippen LogP contribution in [0.4, 0.5) is 0 Å². The zero-order valence-electron chi connectivity index (χ0n) is 12.8. The van der Waals surface area contributed by atoms with Crippen molar-refractivity contribution in [1.29, 1.82) is 0 Å². The molecule has 0 heterocycles. The number of rotatable bonds is 10. The van der Waals surface area contributed by atoms with Gasteiger partial charge in [-0.15, -0.1) is 0 Å². The Bertz CT molecular complexity index is 310. The Labute approximate surface area is 114 Å². The van der Waals surface area contributed by atoms with Crippen molar-refractivity contribution in [3.05, 3.63) is 0 Å². The van der Waals surface area contributed by atoms with Gasteiger partial charge in [0.1, 0.15) is 9.84 Å². The molecule has 4 heteroatoms. The Morgan fingerprint density at radius 2 is 1.83 bits per heavy atom. The summed E-state index contributed by atoms with van der Waals surface area (Å²) in [6.45, 7) is 11.6. The van der Waals surface area contributed by atoms with E-state index >= 15 is 0 Å². The zero-order valence-corrected chi connectivity index (χ0v) is 13.6. The third-order valence-electron chi connectivity index (χ3n) is 3.35. The molecule has 1 unspecified atom stereocenters. The predicted octanol–water partition coefficient (Wildman–Crippen LogP) is 3.01. The lowest BCUT2D eigenvalue weighted by Crippen LogP contribution is -2.32. The molecule has 0 aliphatic carbocycles. The zero-order chi connectivity index (χ0) is 14.2. The number of hydrogen-bond acceptors (Lipinski definition) is 3. The van der Waals surface area contributed by atoms with Crippen molar-refractivity contribution in [2.24, 2.45) is 5.41 Å². The highest BCUT2D eigenvalue weighted by Crippen LogP contribution is 2.28. The molecule has 110 valence electrons. The number of hydrogen-bond donors (Lipinski definition) is 1. The summed E-state index contributed by atoms with van der Waals surface area (Å²) >= 11 is 0. The molecule has 18 heavy (non-hydrogen) atoms. The highest BCUT2D eigenvalue weighted by molar-refractivity contribution is 7.91. The van der Waals surface area contributed by atoms with Crippen LogP contribution in [0.1, 0.15) is 60.3 Å². The second-order valence-electron chi connectivity index (χ2n) is 6.06. The van der Waals surface area contributed by atoms with E-state index in [1.54, 1.807) is 6.92 Å². The van der Waals surface area contributed by atoms with Gasteiger partial charge in [-0.25, -0.2) is 8.42 Å². The van der Waals surface area contributed by atoms with Gasteiger partial charge in [0, 0.05) is 11.8 Å². The summed E-state index contributed by atoms with van der Waals surface area (Å²) in [5.74, 6) is 0.603. The smallest absolute Gasteiger partial charge is 0.150 e. The van der Waals surface area contributed by atoms with Crippen molar-refractivity contribution in [3.63, 3.8) is 0 Å². The highest BCUT2D eigenvalue weighted by atomic mass is 32.2. The molecule has 0 saturated heterocycles. The standard InChI is InChI=1S/C14H31NO2S/c1-6-10-15-13(3)12-14(4,5)9-8-11-18(16,17)7-2/h13,15H,6-12H2,1-5H3. The molecule has 0 aromatic rings. The Morgan fingerprint density at radius 3 is 2.33 bits per heavy atom. The molecular formula is C14H31NO2S. The molecule has 0 aromatic carbocycles. The van der Waals surface area contributed by atoms with Crippen LogP contribution in [0.15, 0.2) is 0 Å². The van der Waals surface area contributed by atoms with Crippen molar-refractivity contribution in [3.8, 4) is 0 Å². The van der Waals surface area contributed by atoms with E-state index in [4.69, 9.17) is 0 Å². The van der Waals surface area contributed by atoms with E-state index in [1.165, 1.54) is 0 Å². The molecule has 3 nitrogen and oxygen atoms in total. The highest BCUT2D eigenvalue weighted by Gasteiger charge is 2.21. The number of sulfone groups is 1. The average molecular weight is 277 g/mol. The van der Waals surface area contributed by atoms with Gasteiger partial charge in [0.25, 0.3) is 0 Å². The van der Waals surface area contributed by atoms with Gasteiger partial charge in [0.05, 0.1) is 5.75 Å². The summed E-state index contributed by atoms with van der Waals surface area (Å²) in [7, 11) is -2.80. The van der Waals surface area contributed by atoms with Crippen molar-refractivity contribution >= 4 is 9.84 Å². The van der Waals surface area contributed by atoms with E-state index in [9.17, 15) is 8.42 Å². The minimum atomic E-state index is -2.80. The fraction of sp³-hybridized carbons (Fsp3) is 1.00. The van der Waals surface area contributed by atoms with Gasteiger partial charge < -0.3 is 5.32 Å². The molecule has 0 spiro atoms. The van der Waals surface area contributed by atoms with E-state index < -0.39 is 9.84 Å². The fourth-order valence-corrected chi connectivity index (χ4v) is 3.18. The van der Waals surface area contributed by atoms with Crippen LogP contribution in [-0.2, 0) is 9.84 Å². The molecular weight excluding hydrogens is 246 g/mol. The maximum atomic E-state index is 11.4. The second kappa shape index (κ2) is 8.16. The van der Waals surface area contributed by atoms with Crippen LogP contribution in [0, 0.1) is 5.41 Å². The van der Waals surface area contributed by atoms with Crippen LogP contribution >= 0.6 is 0 Å². The minimum absolute atomic E-state index is 0.212. The van der Waals surface area contributed by atoms with Crippen molar-refractivity contribution in [2.45, 2.75) is 66.3 Å². The topological polar surface area (TPSA) is 46.2 Å². The molecule has 0 amide bonds. The summed E-state index contributed by atoms with van der Waals surface area (Å²) in [5.41, 5.74) is 0.212.